The first-order valence-electron chi connectivity index (χ1n) is 14.0. The second-order valence-electron chi connectivity index (χ2n) is 11.8. The third-order valence-electron chi connectivity index (χ3n) is 7.69. The highest BCUT2D eigenvalue weighted by Gasteiger charge is 2.54. The zero-order chi connectivity index (χ0) is 33.4. The zero-order valence-electron chi connectivity index (χ0n) is 24.8. The maximum Gasteiger partial charge on any atom is 0.416 e. The zero-order valence-corrected chi connectivity index (χ0v) is 24.8. The van der Waals surface area contributed by atoms with Crippen molar-refractivity contribution in [3.05, 3.63) is 65.2 Å². The molecule has 2 aromatic carbocycles. The van der Waals surface area contributed by atoms with Crippen LogP contribution in [0, 0.1) is 5.41 Å². The average Bonchev–Trinajstić information content (AvgIpc) is 3.19. The first-order valence-corrected chi connectivity index (χ1v) is 14.0. The molecule has 0 aliphatic carbocycles. The third-order valence-corrected chi connectivity index (χ3v) is 7.69. The number of hydrogen-bond donors (Lipinski definition) is 2. The number of halogens is 6. The number of carbonyl (C=O) groups excluding carboxylic acids is 3. The molecule has 2 aromatic rings. The van der Waals surface area contributed by atoms with Crippen LogP contribution in [0.2, 0.25) is 0 Å². The van der Waals surface area contributed by atoms with Crippen molar-refractivity contribution in [3.63, 3.8) is 0 Å². The first-order chi connectivity index (χ1) is 20.8. The Hall–Kier alpha value is -4.14. The number of likely N-dealkylation sites (tertiary alicyclic amines) is 1. The number of amides is 3. The number of hydrogen-bond acceptors (Lipinski definition) is 6. The molecule has 2 atom stereocenters. The van der Waals surface area contributed by atoms with Crippen molar-refractivity contribution in [2.45, 2.75) is 57.0 Å². The van der Waals surface area contributed by atoms with Crippen LogP contribution < -0.4 is 15.8 Å². The van der Waals surface area contributed by atoms with E-state index in [9.17, 15) is 40.7 Å². The minimum atomic E-state index is -5.07. The van der Waals surface area contributed by atoms with Gasteiger partial charge in [0.05, 0.1) is 29.0 Å². The third kappa shape index (κ3) is 7.57. The van der Waals surface area contributed by atoms with Crippen molar-refractivity contribution in [1.29, 1.82) is 0 Å². The van der Waals surface area contributed by atoms with Crippen molar-refractivity contribution in [2.75, 3.05) is 26.7 Å². The minimum absolute atomic E-state index is 0.0241. The number of benzene rings is 2. The Morgan fingerprint density at radius 1 is 1.04 bits per heavy atom. The number of piperidine rings is 1. The monoisotopic (exact) mass is 641 g/mol. The van der Waals surface area contributed by atoms with Crippen molar-refractivity contribution in [3.8, 4) is 5.75 Å². The van der Waals surface area contributed by atoms with Crippen LogP contribution in [0.15, 0.2) is 53.6 Å². The summed E-state index contributed by atoms with van der Waals surface area (Å²) < 4.78 is 85.1. The highest BCUT2D eigenvalue weighted by molar-refractivity contribution is 6.13. The number of ether oxygens (including phenoxy) is 1. The molecule has 3 N–H and O–H groups in total. The molecule has 3 amide bonds. The Labute approximate surface area is 255 Å². The van der Waals surface area contributed by atoms with Gasteiger partial charge in [-0.05, 0) is 44.0 Å². The van der Waals surface area contributed by atoms with Crippen LogP contribution in [0.3, 0.4) is 0 Å². The van der Waals surface area contributed by atoms with Crippen LogP contribution in [-0.4, -0.2) is 71.7 Å². The molecule has 0 aromatic heterocycles. The number of alkyl halides is 6. The second-order valence-corrected chi connectivity index (χ2v) is 11.8. The molecule has 15 heteroatoms. The Morgan fingerprint density at radius 3 is 2.20 bits per heavy atom. The Balaban J connectivity index is 1.58. The van der Waals surface area contributed by atoms with Gasteiger partial charge in [0, 0.05) is 33.0 Å². The van der Waals surface area contributed by atoms with Gasteiger partial charge >= 0.3 is 12.4 Å². The number of nitrogens with one attached hydrogen (secondary N) is 1. The van der Waals surface area contributed by atoms with Gasteiger partial charge in [0.1, 0.15) is 17.2 Å². The van der Waals surface area contributed by atoms with Gasteiger partial charge in [-0.3, -0.25) is 14.4 Å². The van der Waals surface area contributed by atoms with Crippen LogP contribution in [0.1, 0.15) is 43.4 Å². The molecular weight excluding hydrogens is 608 g/mol. The van der Waals surface area contributed by atoms with Gasteiger partial charge in [0.25, 0.3) is 5.91 Å². The molecule has 2 aliphatic rings. The molecule has 45 heavy (non-hydrogen) atoms. The van der Waals surface area contributed by atoms with Gasteiger partial charge in [-0.2, -0.15) is 31.4 Å². The largest absolute Gasteiger partial charge is 0.493 e. The highest BCUT2D eigenvalue weighted by atomic mass is 19.4. The lowest BCUT2D eigenvalue weighted by Gasteiger charge is -2.41. The summed E-state index contributed by atoms with van der Waals surface area (Å²) in [5, 5.41) is 8.18. The number of carbonyl (C=O) groups is 3. The fourth-order valence-electron chi connectivity index (χ4n) is 5.34. The van der Waals surface area contributed by atoms with Gasteiger partial charge in [0.15, 0.2) is 0 Å². The maximum atomic E-state index is 13.9. The predicted molar refractivity (Wildman–Crippen MR) is 151 cm³/mol. The normalized spacial score (nSPS) is 19.6. The van der Waals surface area contributed by atoms with Gasteiger partial charge < -0.3 is 20.7 Å². The molecule has 0 radical (unpaired) electrons. The van der Waals surface area contributed by atoms with Crippen LogP contribution in [-0.2, 0) is 33.2 Å². The molecule has 4 rings (SSSR count). The lowest BCUT2D eigenvalue weighted by molar-refractivity contribution is -0.143. The van der Waals surface area contributed by atoms with E-state index < -0.39 is 64.6 Å². The number of nitrogens with zero attached hydrogens (tertiary/aromatic N) is 3. The van der Waals surface area contributed by atoms with E-state index in [1.54, 1.807) is 0 Å². The Bertz CT molecular complexity index is 1440. The van der Waals surface area contributed by atoms with E-state index in [0.717, 1.165) is 5.56 Å². The van der Waals surface area contributed by atoms with Gasteiger partial charge in [-0.25, -0.2) is 5.01 Å². The van der Waals surface area contributed by atoms with E-state index in [-0.39, 0.29) is 44.3 Å². The van der Waals surface area contributed by atoms with E-state index in [2.05, 4.69) is 10.4 Å². The van der Waals surface area contributed by atoms with E-state index in [1.165, 1.54) is 30.8 Å². The van der Waals surface area contributed by atoms with Crippen molar-refractivity contribution < 1.29 is 45.5 Å². The average molecular weight is 642 g/mol. The van der Waals surface area contributed by atoms with E-state index in [1.807, 2.05) is 30.3 Å². The summed E-state index contributed by atoms with van der Waals surface area (Å²) in [5.41, 5.74) is 1.65. The van der Waals surface area contributed by atoms with Crippen molar-refractivity contribution in [1.82, 2.24) is 15.2 Å². The summed E-state index contributed by atoms with van der Waals surface area (Å²) in [6.45, 7) is 2.35. The lowest BCUT2D eigenvalue weighted by atomic mass is 9.73. The lowest BCUT2D eigenvalue weighted by Crippen LogP contribution is -2.61. The first kappa shape index (κ1) is 33.7. The van der Waals surface area contributed by atoms with Gasteiger partial charge in [0.2, 0.25) is 11.8 Å². The number of fused-ring (bicyclic) bond motifs is 1. The van der Waals surface area contributed by atoms with Gasteiger partial charge in [-0.1, -0.05) is 30.3 Å². The number of nitrogens with two attached hydrogens (primary N) is 1. The smallest absolute Gasteiger partial charge is 0.416 e. The fraction of sp³-hybridized carbons (Fsp3) is 0.467. The van der Waals surface area contributed by atoms with Crippen molar-refractivity contribution >= 4 is 23.4 Å². The van der Waals surface area contributed by atoms with Crippen molar-refractivity contribution in [2.24, 2.45) is 16.3 Å². The Morgan fingerprint density at radius 2 is 1.64 bits per heavy atom. The summed E-state index contributed by atoms with van der Waals surface area (Å²) in [5.74, 6) is -2.37. The molecule has 0 spiro atoms. The SMILES string of the molecule is CN1N=C2CCN(C(=O)C(CCOc3cc(C(F)(F)F)cc(C(F)(F)F)c3)NC(=O)C(C)(C)N)C[C@@]2(Cc2ccccc2)C1=O. The molecule has 2 aliphatic heterocycles. The second kappa shape index (κ2) is 12.3. The van der Waals surface area contributed by atoms with Crippen LogP contribution in [0.5, 0.6) is 5.75 Å². The van der Waals surface area contributed by atoms with Crippen LogP contribution >= 0.6 is 0 Å². The Kier molecular flexibility index (Phi) is 9.25. The van der Waals surface area contributed by atoms with E-state index in [0.29, 0.717) is 17.8 Å². The standard InChI is InChI=1S/C30H33F6N5O4/c1-27(2,37)25(43)38-22(10-12-45-21-14-19(29(31,32)33)13-20(15-21)30(34,35)36)24(42)41-11-9-23-28(17-41,26(44)40(3)39-23)16-18-7-5-4-6-8-18/h4-8,13-15,22H,9-12,16-17,37H2,1-3H3,(H,38,43)/t22?,28-/m1/s1. The molecule has 1 fully saturated rings. The summed E-state index contributed by atoms with van der Waals surface area (Å²) >= 11 is 0. The van der Waals surface area contributed by atoms with E-state index >= 15 is 0 Å². The highest BCUT2D eigenvalue weighted by Crippen LogP contribution is 2.39. The quantitative estimate of drug-likeness (QED) is 0.402. The number of hydrazone groups is 1. The molecule has 1 saturated heterocycles. The van der Waals surface area contributed by atoms with Gasteiger partial charge in [-0.15, -0.1) is 0 Å². The molecule has 2 heterocycles. The van der Waals surface area contributed by atoms with Crippen LogP contribution in [0.25, 0.3) is 0 Å². The molecule has 244 valence electrons. The fourth-order valence-corrected chi connectivity index (χ4v) is 5.34. The van der Waals surface area contributed by atoms with E-state index in [4.69, 9.17) is 10.5 Å². The molecular formula is C30H33F6N5O4. The topological polar surface area (TPSA) is 117 Å². The minimum Gasteiger partial charge on any atom is -0.493 e. The summed E-state index contributed by atoms with van der Waals surface area (Å²) in [7, 11) is 1.52. The molecule has 0 bridgehead atoms. The molecule has 9 nitrogen and oxygen atoms in total. The maximum absolute atomic E-state index is 13.9. The number of rotatable bonds is 9. The summed E-state index contributed by atoms with van der Waals surface area (Å²) in [6, 6.07) is 8.66. The van der Waals surface area contributed by atoms with Crippen LogP contribution in [0.4, 0.5) is 26.3 Å². The molecule has 0 saturated carbocycles. The summed E-state index contributed by atoms with van der Waals surface area (Å²) in [6.07, 6.45) is -9.95. The predicted octanol–water partition coefficient (Wildman–Crippen LogP) is 4.00. The summed E-state index contributed by atoms with van der Waals surface area (Å²) in [4.78, 5) is 41.6. The molecule has 1 unspecified atom stereocenters.